The second-order valence-electron chi connectivity index (χ2n) is 5.31. The number of aromatic nitrogens is 1. The van der Waals surface area contributed by atoms with Crippen LogP contribution in [0.1, 0.15) is 5.56 Å². The van der Waals surface area contributed by atoms with Crippen molar-refractivity contribution in [3.8, 4) is 5.75 Å². The molecule has 1 heterocycles. The summed E-state index contributed by atoms with van der Waals surface area (Å²) in [5, 5.41) is 10.5. The highest BCUT2D eigenvalue weighted by Gasteiger charge is 2.13. The first-order valence-electron chi connectivity index (χ1n) is 7.30. The zero-order valence-electron chi connectivity index (χ0n) is 12.8. The highest BCUT2D eigenvalue weighted by atomic mass is 35.5. The Morgan fingerprint density at radius 1 is 1.21 bits per heavy atom. The SMILES string of the molecule is O=S(=O)([O-])CCc1cc[n+](CC(O)COc2ccccc2Cl)cc1. The predicted molar refractivity (Wildman–Crippen MR) is 87.9 cm³/mol. The highest BCUT2D eigenvalue weighted by Crippen LogP contribution is 2.23. The van der Waals surface area contributed by atoms with Gasteiger partial charge in [0.2, 0.25) is 0 Å². The van der Waals surface area contributed by atoms with E-state index in [2.05, 4.69) is 0 Å². The van der Waals surface area contributed by atoms with Crippen LogP contribution < -0.4 is 9.30 Å². The Hall–Kier alpha value is -1.67. The molecule has 130 valence electrons. The number of ether oxygens (including phenoxy) is 1. The third-order valence-corrected chi connectivity index (χ3v) is 4.31. The minimum atomic E-state index is -4.21. The summed E-state index contributed by atoms with van der Waals surface area (Å²) in [5.41, 5.74) is 0.743. The van der Waals surface area contributed by atoms with E-state index in [1.165, 1.54) is 0 Å². The smallest absolute Gasteiger partial charge is 0.177 e. The molecule has 1 aromatic carbocycles. The van der Waals surface area contributed by atoms with Crippen molar-refractivity contribution in [3.63, 3.8) is 0 Å². The van der Waals surface area contributed by atoms with Crippen molar-refractivity contribution in [2.24, 2.45) is 0 Å². The van der Waals surface area contributed by atoms with E-state index in [4.69, 9.17) is 16.3 Å². The zero-order chi connectivity index (χ0) is 17.6. The highest BCUT2D eigenvalue weighted by molar-refractivity contribution is 7.85. The van der Waals surface area contributed by atoms with Gasteiger partial charge in [-0.05, 0) is 24.1 Å². The molecular weight excluding hydrogens is 354 g/mol. The van der Waals surface area contributed by atoms with Gasteiger partial charge in [-0.15, -0.1) is 0 Å². The lowest BCUT2D eigenvalue weighted by Crippen LogP contribution is -2.41. The number of hydrogen-bond acceptors (Lipinski definition) is 5. The van der Waals surface area contributed by atoms with Gasteiger partial charge in [0.15, 0.2) is 18.9 Å². The van der Waals surface area contributed by atoms with Gasteiger partial charge in [-0.1, -0.05) is 23.7 Å². The molecule has 6 nitrogen and oxygen atoms in total. The van der Waals surface area contributed by atoms with Gasteiger partial charge < -0.3 is 14.4 Å². The Kier molecular flexibility index (Phi) is 6.56. The van der Waals surface area contributed by atoms with E-state index in [0.717, 1.165) is 5.56 Å². The van der Waals surface area contributed by atoms with Crippen LogP contribution in [0.3, 0.4) is 0 Å². The average Bonchev–Trinajstić information content (AvgIpc) is 2.53. The summed E-state index contributed by atoms with van der Waals surface area (Å²) in [6.45, 7) is 0.400. The van der Waals surface area contributed by atoms with Crippen molar-refractivity contribution in [2.45, 2.75) is 19.1 Å². The maximum atomic E-state index is 10.6. The fourth-order valence-electron chi connectivity index (χ4n) is 2.06. The molecule has 0 radical (unpaired) electrons. The number of nitrogens with zero attached hydrogens (tertiary/aromatic N) is 1. The first-order chi connectivity index (χ1) is 11.3. The summed E-state index contributed by atoms with van der Waals surface area (Å²) in [6.07, 6.45) is 2.86. The van der Waals surface area contributed by atoms with Crippen LogP contribution in [-0.2, 0) is 23.1 Å². The summed E-state index contributed by atoms with van der Waals surface area (Å²) >= 11 is 5.97. The Morgan fingerprint density at radius 3 is 2.50 bits per heavy atom. The lowest BCUT2D eigenvalue weighted by atomic mass is 10.2. The van der Waals surface area contributed by atoms with E-state index in [9.17, 15) is 18.1 Å². The van der Waals surface area contributed by atoms with E-state index in [1.54, 1.807) is 53.4 Å². The van der Waals surface area contributed by atoms with E-state index in [-0.39, 0.29) is 13.0 Å². The predicted octanol–water partition coefficient (Wildman–Crippen LogP) is 1.16. The van der Waals surface area contributed by atoms with Gasteiger partial charge in [-0.3, -0.25) is 0 Å². The number of aliphatic hydroxyl groups is 1. The number of rotatable bonds is 8. The van der Waals surface area contributed by atoms with Crippen molar-refractivity contribution >= 4 is 21.7 Å². The van der Waals surface area contributed by atoms with Gasteiger partial charge in [0.05, 0.1) is 15.1 Å². The molecule has 0 saturated carbocycles. The Morgan fingerprint density at radius 2 is 1.88 bits per heavy atom. The van der Waals surface area contributed by atoms with Gasteiger partial charge in [0.1, 0.15) is 18.5 Å². The summed E-state index contributed by atoms with van der Waals surface area (Å²) in [4.78, 5) is 0. The van der Waals surface area contributed by atoms with Crippen molar-refractivity contribution in [3.05, 3.63) is 59.4 Å². The molecule has 0 amide bonds. The maximum absolute atomic E-state index is 10.6. The monoisotopic (exact) mass is 371 g/mol. The molecule has 0 fully saturated rings. The number of para-hydroxylation sites is 1. The quantitative estimate of drug-likeness (QED) is 0.555. The van der Waals surface area contributed by atoms with Crippen LogP contribution in [0.4, 0.5) is 0 Å². The molecule has 2 rings (SSSR count). The topological polar surface area (TPSA) is 90.5 Å². The fourth-order valence-corrected chi connectivity index (χ4v) is 2.74. The molecule has 0 spiro atoms. The third kappa shape index (κ3) is 6.45. The second-order valence-corrected chi connectivity index (χ2v) is 7.24. The Labute approximate surface area is 146 Å². The molecule has 0 saturated heterocycles. The second kappa shape index (κ2) is 8.43. The zero-order valence-corrected chi connectivity index (χ0v) is 14.4. The number of pyridine rings is 1. The standard InChI is InChI=1S/C16H18ClNO5S/c17-15-3-1-2-4-16(15)23-12-14(19)11-18-8-5-13(6-9-18)7-10-24(20,21)22/h1-6,8-9,14,19H,7,10-12H2. The van der Waals surface area contributed by atoms with E-state index in [1.807, 2.05) is 0 Å². The maximum Gasteiger partial charge on any atom is 0.177 e. The third-order valence-electron chi connectivity index (χ3n) is 3.29. The summed E-state index contributed by atoms with van der Waals surface area (Å²) in [7, 11) is -4.21. The minimum absolute atomic E-state index is 0.0902. The Balaban J connectivity index is 1.83. The summed E-state index contributed by atoms with van der Waals surface area (Å²) in [5.74, 6) is 0.0862. The largest absolute Gasteiger partial charge is 0.748 e. The molecule has 1 N–H and O–H groups in total. The molecule has 0 aliphatic heterocycles. The molecule has 8 heteroatoms. The summed E-state index contributed by atoms with van der Waals surface area (Å²) in [6, 6.07) is 10.4. The van der Waals surface area contributed by atoms with Gasteiger partial charge in [0, 0.05) is 17.9 Å². The van der Waals surface area contributed by atoms with Gasteiger partial charge in [-0.25, -0.2) is 13.0 Å². The van der Waals surface area contributed by atoms with Crippen LogP contribution >= 0.6 is 11.6 Å². The molecule has 24 heavy (non-hydrogen) atoms. The van der Waals surface area contributed by atoms with Crippen molar-refractivity contribution in [2.75, 3.05) is 12.4 Å². The molecule has 1 aromatic heterocycles. The van der Waals surface area contributed by atoms with Crippen LogP contribution in [0.5, 0.6) is 5.75 Å². The van der Waals surface area contributed by atoms with Crippen LogP contribution in [0.25, 0.3) is 0 Å². The Bertz CT molecular complexity index is 764. The molecule has 1 atom stereocenters. The van der Waals surface area contributed by atoms with E-state index in [0.29, 0.717) is 17.3 Å². The first-order valence-corrected chi connectivity index (χ1v) is 9.26. The first kappa shape index (κ1) is 18.7. The lowest BCUT2D eigenvalue weighted by Gasteiger charge is -2.11. The molecule has 0 aliphatic carbocycles. The number of hydrogen-bond donors (Lipinski definition) is 1. The van der Waals surface area contributed by atoms with Crippen molar-refractivity contribution < 1.29 is 27.4 Å². The fraction of sp³-hybridized carbons (Fsp3) is 0.312. The van der Waals surface area contributed by atoms with Crippen molar-refractivity contribution in [1.29, 1.82) is 0 Å². The minimum Gasteiger partial charge on any atom is -0.748 e. The van der Waals surface area contributed by atoms with Crippen LogP contribution in [0.15, 0.2) is 48.8 Å². The average molecular weight is 372 g/mol. The van der Waals surface area contributed by atoms with Gasteiger partial charge >= 0.3 is 0 Å². The van der Waals surface area contributed by atoms with Gasteiger partial charge in [0.25, 0.3) is 0 Å². The van der Waals surface area contributed by atoms with Crippen LogP contribution in [0.2, 0.25) is 5.02 Å². The molecule has 1 unspecified atom stereocenters. The van der Waals surface area contributed by atoms with E-state index >= 15 is 0 Å². The number of aryl methyl sites for hydroxylation is 1. The van der Waals surface area contributed by atoms with Crippen LogP contribution in [-0.4, -0.2) is 36.5 Å². The van der Waals surface area contributed by atoms with Gasteiger partial charge in [-0.2, -0.15) is 0 Å². The molecule has 0 aliphatic rings. The number of aliphatic hydroxyl groups excluding tert-OH is 1. The molecule has 0 bridgehead atoms. The number of benzene rings is 1. The van der Waals surface area contributed by atoms with Crippen molar-refractivity contribution in [1.82, 2.24) is 0 Å². The molecule has 2 aromatic rings. The van der Waals surface area contributed by atoms with E-state index < -0.39 is 22.0 Å². The normalized spacial score (nSPS) is 12.8. The lowest BCUT2D eigenvalue weighted by molar-refractivity contribution is -0.703. The summed E-state index contributed by atoms with van der Waals surface area (Å²) < 4.78 is 39.1. The molecular formula is C16H18ClNO5S. The number of halogens is 1. The van der Waals surface area contributed by atoms with Crippen LogP contribution in [0, 0.1) is 0 Å².